The smallest absolute Gasteiger partial charge is 0.0667 e. The van der Waals surface area contributed by atoms with Gasteiger partial charge in [-0.15, -0.1) is 0 Å². The summed E-state index contributed by atoms with van der Waals surface area (Å²) in [6.07, 6.45) is 13.6. The van der Waals surface area contributed by atoms with Crippen LogP contribution >= 0.6 is 22.6 Å². The standard InChI is InChI=1S/C16H20IN3/c1-18-14-5-8-16(19-2,9-6-14)10-7-15-13(12-17)4-3-11-20-15/h3-8,10-11,18-19H,9,12H2,1-2H3. The Morgan fingerprint density at radius 3 is 2.90 bits per heavy atom. The number of hydrogen-bond acceptors (Lipinski definition) is 3. The van der Waals surface area contributed by atoms with Gasteiger partial charge >= 0.3 is 0 Å². The lowest BCUT2D eigenvalue weighted by atomic mass is 9.89. The summed E-state index contributed by atoms with van der Waals surface area (Å²) in [5.74, 6) is 0. The Balaban J connectivity index is 2.21. The Bertz CT molecular complexity index is 548. The average molecular weight is 381 g/mol. The highest BCUT2D eigenvalue weighted by molar-refractivity contribution is 14.1. The van der Waals surface area contributed by atoms with E-state index in [0.29, 0.717) is 0 Å². The molecule has 1 atom stereocenters. The Kier molecular flexibility index (Phi) is 5.37. The molecule has 0 fully saturated rings. The van der Waals surface area contributed by atoms with E-state index < -0.39 is 0 Å². The van der Waals surface area contributed by atoms with Crippen LogP contribution in [-0.2, 0) is 4.43 Å². The van der Waals surface area contributed by atoms with Gasteiger partial charge in [0.25, 0.3) is 0 Å². The van der Waals surface area contributed by atoms with E-state index in [2.05, 4.69) is 74.7 Å². The van der Waals surface area contributed by atoms with E-state index in [1.165, 1.54) is 5.56 Å². The summed E-state index contributed by atoms with van der Waals surface area (Å²) in [7, 11) is 3.93. The van der Waals surface area contributed by atoms with Crippen molar-refractivity contribution < 1.29 is 0 Å². The molecule has 0 saturated heterocycles. The number of alkyl halides is 1. The van der Waals surface area contributed by atoms with Crippen molar-refractivity contribution in [2.45, 2.75) is 16.4 Å². The number of allylic oxidation sites excluding steroid dienone is 1. The summed E-state index contributed by atoms with van der Waals surface area (Å²) < 4.78 is 0.970. The van der Waals surface area contributed by atoms with Gasteiger partial charge in [-0.3, -0.25) is 4.98 Å². The molecular formula is C16H20IN3. The number of likely N-dealkylation sites (N-methyl/N-ethyl adjacent to an activating group) is 2. The predicted molar refractivity (Wildman–Crippen MR) is 93.7 cm³/mol. The number of rotatable bonds is 5. The maximum absolute atomic E-state index is 4.46. The lowest BCUT2D eigenvalue weighted by Crippen LogP contribution is -2.40. The lowest BCUT2D eigenvalue weighted by molar-refractivity contribution is 0.535. The first kappa shape index (κ1) is 15.3. The van der Waals surface area contributed by atoms with Gasteiger partial charge in [-0.2, -0.15) is 0 Å². The molecule has 0 aliphatic heterocycles. The number of pyridine rings is 1. The number of nitrogens with zero attached hydrogens (tertiary/aromatic N) is 1. The first-order chi connectivity index (χ1) is 9.73. The fourth-order valence-electron chi connectivity index (χ4n) is 2.17. The molecule has 1 aliphatic carbocycles. The molecule has 106 valence electrons. The van der Waals surface area contributed by atoms with Crippen LogP contribution in [0.1, 0.15) is 17.7 Å². The van der Waals surface area contributed by atoms with Crippen LogP contribution in [0.3, 0.4) is 0 Å². The molecule has 1 aliphatic rings. The molecule has 20 heavy (non-hydrogen) atoms. The topological polar surface area (TPSA) is 37.0 Å². The quantitative estimate of drug-likeness (QED) is 0.608. The SMILES string of the molecule is CNC1=CCC(C=Cc2ncccc2CI)(NC)C=C1. The van der Waals surface area contributed by atoms with Crippen molar-refractivity contribution >= 4 is 28.7 Å². The maximum Gasteiger partial charge on any atom is 0.0667 e. The van der Waals surface area contributed by atoms with Crippen molar-refractivity contribution in [2.24, 2.45) is 0 Å². The van der Waals surface area contributed by atoms with E-state index in [1.807, 2.05) is 26.4 Å². The van der Waals surface area contributed by atoms with E-state index in [9.17, 15) is 0 Å². The molecule has 1 aromatic heterocycles. The van der Waals surface area contributed by atoms with Crippen LogP contribution in [-0.4, -0.2) is 24.6 Å². The van der Waals surface area contributed by atoms with Crippen molar-refractivity contribution in [3.05, 3.63) is 59.6 Å². The zero-order valence-corrected chi connectivity index (χ0v) is 14.0. The number of halogens is 1. The summed E-state index contributed by atoms with van der Waals surface area (Å²) in [4.78, 5) is 4.46. The fraction of sp³-hybridized carbons (Fsp3) is 0.312. The van der Waals surface area contributed by atoms with Crippen LogP contribution in [0.5, 0.6) is 0 Å². The molecule has 0 spiro atoms. The Labute approximate surface area is 134 Å². The third kappa shape index (κ3) is 3.49. The van der Waals surface area contributed by atoms with Crippen LogP contribution in [0, 0.1) is 0 Å². The van der Waals surface area contributed by atoms with Crippen molar-refractivity contribution in [3.63, 3.8) is 0 Å². The van der Waals surface area contributed by atoms with E-state index >= 15 is 0 Å². The summed E-state index contributed by atoms with van der Waals surface area (Å²) in [5.41, 5.74) is 3.35. The second kappa shape index (κ2) is 7.04. The molecule has 0 saturated carbocycles. The first-order valence-corrected chi connectivity index (χ1v) is 8.21. The molecule has 2 rings (SSSR count). The molecule has 1 heterocycles. The summed E-state index contributed by atoms with van der Waals surface area (Å²) >= 11 is 2.37. The van der Waals surface area contributed by atoms with Gasteiger partial charge in [0.15, 0.2) is 0 Å². The molecule has 2 N–H and O–H groups in total. The Morgan fingerprint density at radius 1 is 1.45 bits per heavy atom. The highest BCUT2D eigenvalue weighted by Crippen LogP contribution is 2.23. The third-order valence-corrected chi connectivity index (χ3v) is 4.40. The van der Waals surface area contributed by atoms with Crippen molar-refractivity contribution in [1.29, 1.82) is 0 Å². The lowest BCUT2D eigenvalue weighted by Gasteiger charge is -2.29. The van der Waals surface area contributed by atoms with Crippen LogP contribution in [0.25, 0.3) is 6.08 Å². The van der Waals surface area contributed by atoms with Gasteiger partial charge < -0.3 is 10.6 Å². The molecule has 0 radical (unpaired) electrons. The molecule has 1 unspecified atom stereocenters. The van der Waals surface area contributed by atoms with E-state index in [1.54, 1.807) is 0 Å². The molecule has 0 aromatic carbocycles. The van der Waals surface area contributed by atoms with Crippen molar-refractivity contribution in [3.8, 4) is 0 Å². The Hall–Kier alpha value is -1.14. The second-order valence-corrected chi connectivity index (χ2v) is 5.51. The van der Waals surface area contributed by atoms with Gasteiger partial charge in [-0.25, -0.2) is 0 Å². The minimum absolute atomic E-state index is 0.125. The maximum atomic E-state index is 4.46. The molecule has 0 bridgehead atoms. The fourth-order valence-corrected chi connectivity index (χ4v) is 2.82. The second-order valence-electron chi connectivity index (χ2n) is 4.75. The predicted octanol–water partition coefficient (Wildman–Crippen LogP) is 3.05. The zero-order chi connectivity index (χ0) is 14.4. The highest BCUT2D eigenvalue weighted by atomic mass is 127. The molecule has 4 heteroatoms. The van der Waals surface area contributed by atoms with Crippen molar-refractivity contribution in [2.75, 3.05) is 14.1 Å². The average Bonchev–Trinajstić information content (AvgIpc) is 2.53. The van der Waals surface area contributed by atoms with Crippen LogP contribution in [0.2, 0.25) is 0 Å². The van der Waals surface area contributed by atoms with Gasteiger partial charge in [0.2, 0.25) is 0 Å². The first-order valence-electron chi connectivity index (χ1n) is 6.68. The minimum Gasteiger partial charge on any atom is -0.388 e. The monoisotopic (exact) mass is 381 g/mol. The van der Waals surface area contributed by atoms with Crippen LogP contribution < -0.4 is 10.6 Å². The van der Waals surface area contributed by atoms with E-state index in [-0.39, 0.29) is 5.54 Å². The van der Waals surface area contributed by atoms with Gasteiger partial charge in [-0.1, -0.05) is 46.9 Å². The van der Waals surface area contributed by atoms with Crippen LogP contribution in [0.15, 0.2) is 48.3 Å². The van der Waals surface area contributed by atoms with Crippen LogP contribution in [0.4, 0.5) is 0 Å². The van der Waals surface area contributed by atoms with E-state index in [4.69, 9.17) is 0 Å². The van der Waals surface area contributed by atoms with Gasteiger partial charge in [0, 0.05) is 23.4 Å². The number of nitrogens with one attached hydrogen (secondary N) is 2. The highest BCUT2D eigenvalue weighted by Gasteiger charge is 2.22. The van der Waals surface area contributed by atoms with E-state index in [0.717, 1.165) is 22.2 Å². The minimum atomic E-state index is -0.125. The molecule has 1 aromatic rings. The van der Waals surface area contributed by atoms with Gasteiger partial charge in [-0.05, 0) is 37.3 Å². The molecule has 3 nitrogen and oxygen atoms in total. The van der Waals surface area contributed by atoms with Crippen molar-refractivity contribution in [1.82, 2.24) is 15.6 Å². The summed E-state index contributed by atoms with van der Waals surface area (Å²) in [6, 6.07) is 4.11. The molecular weight excluding hydrogens is 361 g/mol. The van der Waals surface area contributed by atoms with Gasteiger partial charge in [0.05, 0.1) is 11.2 Å². The normalized spacial score (nSPS) is 22.1. The summed E-state index contributed by atoms with van der Waals surface area (Å²) in [5, 5.41) is 6.56. The third-order valence-electron chi connectivity index (χ3n) is 3.58. The zero-order valence-electron chi connectivity index (χ0n) is 11.9. The number of aromatic nitrogens is 1. The summed E-state index contributed by atoms with van der Waals surface area (Å²) in [6.45, 7) is 0. The number of hydrogen-bond donors (Lipinski definition) is 2. The van der Waals surface area contributed by atoms with Gasteiger partial charge in [0.1, 0.15) is 0 Å². The molecule has 0 amide bonds. The Morgan fingerprint density at radius 2 is 2.30 bits per heavy atom. The largest absolute Gasteiger partial charge is 0.388 e.